The van der Waals surface area contributed by atoms with Gasteiger partial charge in [-0.3, -0.25) is 5.32 Å². The number of ether oxygens (including phenoxy) is 1. The van der Waals surface area contributed by atoms with E-state index in [1.165, 1.54) is 23.2 Å². The minimum Gasteiger partial charge on any atom is -0.444 e. The van der Waals surface area contributed by atoms with Crippen LogP contribution < -0.4 is 5.32 Å². The van der Waals surface area contributed by atoms with Gasteiger partial charge in [0.15, 0.2) is 0 Å². The number of alkyl halides is 3. The van der Waals surface area contributed by atoms with Crippen molar-refractivity contribution >= 4 is 11.8 Å². The van der Waals surface area contributed by atoms with E-state index in [-0.39, 0.29) is 11.4 Å². The second kappa shape index (κ2) is 6.18. The van der Waals surface area contributed by atoms with Crippen LogP contribution in [-0.2, 0) is 10.9 Å². The number of imidazole rings is 1. The zero-order valence-electron chi connectivity index (χ0n) is 13.7. The maximum Gasteiger partial charge on any atom is 0.416 e. The molecule has 2 aromatic rings. The number of hydrogen-bond donors (Lipinski definition) is 1. The third-order valence-electron chi connectivity index (χ3n) is 2.99. The lowest BCUT2D eigenvalue weighted by Gasteiger charge is -2.20. The summed E-state index contributed by atoms with van der Waals surface area (Å²) in [5, 5.41) is 2.34. The molecule has 1 aromatic heterocycles. The number of carbonyl (C=O) groups is 1. The van der Waals surface area contributed by atoms with Gasteiger partial charge in [0.05, 0.1) is 11.9 Å². The van der Waals surface area contributed by atoms with Crippen LogP contribution in [0.3, 0.4) is 0 Å². The molecule has 0 radical (unpaired) electrons. The molecular formula is C16H18F3N3O2. The molecule has 2 rings (SSSR count). The minimum atomic E-state index is -4.55. The maximum absolute atomic E-state index is 13.1. The lowest BCUT2D eigenvalue weighted by Crippen LogP contribution is -2.27. The van der Waals surface area contributed by atoms with E-state index in [1.54, 1.807) is 27.7 Å². The molecule has 0 aliphatic heterocycles. The van der Waals surface area contributed by atoms with Crippen molar-refractivity contribution in [2.45, 2.75) is 39.5 Å². The molecule has 0 aliphatic carbocycles. The molecular weight excluding hydrogens is 323 g/mol. The summed E-state index contributed by atoms with van der Waals surface area (Å²) in [5.41, 5.74) is -0.736. The third-order valence-corrected chi connectivity index (χ3v) is 2.99. The number of nitrogens with zero attached hydrogens (tertiary/aromatic N) is 2. The fourth-order valence-corrected chi connectivity index (χ4v) is 2.04. The van der Waals surface area contributed by atoms with Gasteiger partial charge in [0.25, 0.3) is 0 Å². The van der Waals surface area contributed by atoms with Crippen LogP contribution in [0.25, 0.3) is 5.69 Å². The lowest BCUT2D eigenvalue weighted by atomic mass is 10.1. The van der Waals surface area contributed by atoms with Crippen molar-refractivity contribution < 1.29 is 22.7 Å². The van der Waals surface area contributed by atoms with Gasteiger partial charge in [-0.1, -0.05) is 0 Å². The first-order valence-corrected chi connectivity index (χ1v) is 7.17. The molecule has 0 saturated carbocycles. The average Bonchev–Trinajstić information content (AvgIpc) is 2.81. The zero-order valence-corrected chi connectivity index (χ0v) is 13.7. The number of nitrogens with one attached hydrogen (secondary N) is 1. The van der Waals surface area contributed by atoms with E-state index in [1.807, 2.05) is 0 Å². The molecule has 1 amide bonds. The fraction of sp³-hybridized carbons (Fsp3) is 0.375. The molecule has 1 N–H and O–H groups in total. The van der Waals surface area contributed by atoms with Crippen molar-refractivity contribution in [2.75, 3.05) is 5.32 Å². The molecule has 0 bridgehead atoms. The molecule has 130 valence electrons. The van der Waals surface area contributed by atoms with Crippen LogP contribution in [0.15, 0.2) is 30.7 Å². The predicted molar refractivity (Wildman–Crippen MR) is 83.2 cm³/mol. The molecule has 0 atom stereocenters. The molecule has 24 heavy (non-hydrogen) atoms. The highest BCUT2D eigenvalue weighted by molar-refractivity contribution is 5.85. The number of rotatable bonds is 2. The molecule has 5 nitrogen and oxygen atoms in total. The number of aryl methyl sites for hydroxylation is 1. The van der Waals surface area contributed by atoms with Crippen molar-refractivity contribution in [3.8, 4) is 5.69 Å². The van der Waals surface area contributed by atoms with Crippen LogP contribution in [-0.4, -0.2) is 21.2 Å². The number of halogens is 3. The van der Waals surface area contributed by atoms with Crippen LogP contribution in [0.5, 0.6) is 0 Å². The second-order valence-electron chi connectivity index (χ2n) is 6.30. The highest BCUT2D eigenvalue weighted by atomic mass is 19.4. The molecule has 0 spiro atoms. The van der Waals surface area contributed by atoms with Crippen LogP contribution in [0.2, 0.25) is 0 Å². The first kappa shape index (κ1) is 17.8. The summed E-state index contributed by atoms with van der Waals surface area (Å²) in [5.74, 6) is 0. The molecule has 0 unspecified atom stereocenters. The molecule has 0 fully saturated rings. The van der Waals surface area contributed by atoms with E-state index < -0.39 is 23.4 Å². The number of carbonyl (C=O) groups excluding carboxylic acids is 1. The van der Waals surface area contributed by atoms with Gasteiger partial charge in [-0.25, -0.2) is 9.78 Å². The predicted octanol–water partition coefficient (Wildman–Crippen LogP) is 4.55. The number of aromatic nitrogens is 2. The standard InChI is InChI=1S/C16H18F3N3O2/c1-10-8-20-9-22(10)13-6-11(16(17,18)19)5-12(7-13)21-14(23)24-15(2,3)4/h5-9H,1-4H3,(H,21,23). The Kier molecular flexibility index (Phi) is 4.59. The topological polar surface area (TPSA) is 56.2 Å². The minimum absolute atomic E-state index is 0.0119. The van der Waals surface area contributed by atoms with Crippen molar-refractivity contribution in [3.05, 3.63) is 42.0 Å². The quantitative estimate of drug-likeness (QED) is 0.872. The van der Waals surface area contributed by atoms with Gasteiger partial charge in [0.1, 0.15) is 5.60 Å². The summed E-state index contributed by atoms with van der Waals surface area (Å²) < 4.78 is 46.0. The van der Waals surface area contributed by atoms with Gasteiger partial charge < -0.3 is 9.30 Å². The van der Waals surface area contributed by atoms with E-state index >= 15 is 0 Å². The molecule has 0 saturated heterocycles. The van der Waals surface area contributed by atoms with Crippen molar-refractivity contribution in [3.63, 3.8) is 0 Å². The van der Waals surface area contributed by atoms with Crippen molar-refractivity contribution in [1.29, 1.82) is 0 Å². The van der Waals surface area contributed by atoms with Gasteiger partial charge in [-0.15, -0.1) is 0 Å². The van der Waals surface area contributed by atoms with Crippen molar-refractivity contribution in [1.82, 2.24) is 9.55 Å². The summed E-state index contributed by atoms with van der Waals surface area (Å²) >= 11 is 0. The van der Waals surface area contributed by atoms with Gasteiger partial charge >= 0.3 is 12.3 Å². The van der Waals surface area contributed by atoms with E-state index in [0.29, 0.717) is 5.69 Å². The Morgan fingerprint density at radius 3 is 2.38 bits per heavy atom. The highest BCUT2D eigenvalue weighted by Crippen LogP contribution is 2.33. The first-order valence-electron chi connectivity index (χ1n) is 7.17. The Morgan fingerprint density at radius 1 is 1.21 bits per heavy atom. The lowest BCUT2D eigenvalue weighted by molar-refractivity contribution is -0.137. The van der Waals surface area contributed by atoms with Gasteiger partial charge in [-0.05, 0) is 45.9 Å². The zero-order chi connectivity index (χ0) is 18.1. The molecule has 1 heterocycles. The Bertz CT molecular complexity index is 746. The number of hydrogen-bond acceptors (Lipinski definition) is 3. The smallest absolute Gasteiger partial charge is 0.416 e. The average molecular weight is 341 g/mol. The molecule has 8 heteroatoms. The summed E-state index contributed by atoms with van der Waals surface area (Å²) in [6, 6.07) is 3.28. The number of anilines is 1. The van der Waals surface area contributed by atoms with Gasteiger partial charge in [-0.2, -0.15) is 13.2 Å². The van der Waals surface area contributed by atoms with E-state index in [0.717, 1.165) is 12.1 Å². The van der Waals surface area contributed by atoms with Gasteiger partial charge in [0, 0.05) is 23.3 Å². The summed E-state index contributed by atoms with van der Waals surface area (Å²) in [7, 11) is 0. The summed E-state index contributed by atoms with van der Waals surface area (Å²) in [6.45, 7) is 6.71. The molecule has 0 aliphatic rings. The first-order chi connectivity index (χ1) is 11.0. The summed E-state index contributed by atoms with van der Waals surface area (Å²) in [6.07, 6.45) is -2.44. The van der Waals surface area contributed by atoms with E-state index in [4.69, 9.17) is 4.74 Å². The fourth-order valence-electron chi connectivity index (χ4n) is 2.04. The SMILES string of the molecule is Cc1cncn1-c1cc(NC(=O)OC(C)(C)C)cc(C(F)(F)F)c1. The Labute approximate surface area is 137 Å². The van der Waals surface area contributed by atoms with Crippen LogP contribution in [0.4, 0.5) is 23.7 Å². The Balaban J connectivity index is 2.41. The molecule has 1 aromatic carbocycles. The van der Waals surface area contributed by atoms with E-state index in [2.05, 4.69) is 10.3 Å². The van der Waals surface area contributed by atoms with Crippen LogP contribution in [0, 0.1) is 6.92 Å². The number of amides is 1. The Morgan fingerprint density at radius 2 is 1.88 bits per heavy atom. The van der Waals surface area contributed by atoms with E-state index in [9.17, 15) is 18.0 Å². The highest BCUT2D eigenvalue weighted by Gasteiger charge is 2.32. The number of benzene rings is 1. The largest absolute Gasteiger partial charge is 0.444 e. The summed E-state index contributed by atoms with van der Waals surface area (Å²) in [4.78, 5) is 15.7. The monoisotopic (exact) mass is 341 g/mol. The van der Waals surface area contributed by atoms with Crippen molar-refractivity contribution in [2.24, 2.45) is 0 Å². The van der Waals surface area contributed by atoms with Crippen LogP contribution in [0.1, 0.15) is 32.0 Å². The second-order valence-corrected chi connectivity index (χ2v) is 6.30. The van der Waals surface area contributed by atoms with Crippen LogP contribution >= 0.6 is 0 Å². The third kappa shape index (κ3) is 4.50. The van der Waals surface area contributed by atoms with Gasteiger partial charge in [0.2, 0.25) is 0 Å². The maximum atomic E-state index is 13.1. The Hall–Kier alpha value is -2.51. The normalized spacial score (nSPS) is 12.1.